The van der Waals surface area contributed by atoms with Crippen LogP contribution in [-0.4, -0.2) is 59.3 Å². The molecule has 3 N–H and O–H groups in total. The molecule has 0 unspecified atom stereocenters. The third-order valence-electron chi connectivity index (χ3n) is 5.41. The Kier molecular flexibility index (Phi) is 5.68. The van der Waals surface area contributed by atoms with E-state index in [2.05, 4.69) is 30.6 Å². The van der Waals surface area contributed by atoms with Crippen LogP contribution in [0.25, 0.3) is 22.2 Å². The Morgan fingerprint density at radius 1 is 1.18 bits per heavy atom. The Labute approximate surface area is 193 Å². The van der Waals surface area contributed by atoms with Gasteiger partial charge in [0.05, 0.1) is 44.5 Å². The van der Waals surface area contributed by atoms with Gasteiger partial charge in [0.2, 0.25) is 17.8 Å². The maximum atomic E-state index is 13.6. The highest BCUT2D eigenvalue weighted by Gasteiger charge is 2.22. The molecule has 0 radical (unpaired) electrons. The van der Waals surface area contributed by atoms with Gasteiger partial charge in [-0.05, 0) is 29.8 Å². The number of pyridine rings is 1. The molecule has 1 aliphatic rings. The number of rotatable bonds is 7. The number of anilines is 2. The van der Waals surface area contributed by atoms with E-state index < -0.39 is 5.95 Å². The van der Waals surface area contributed by atoms with E-state index in [0.717, 1.165) is 0 Å². The van der Waals surface area contributed by atoms with E-state index in [0.29, 0.717) is 58.3 Å². The fourth-order valence-corrected chi connectivity index (χ4v) is 3.65. The first-order valence-corrected chi connectivity index (χ1v) is 10.4. The van der Waals surface area contributed by atoms with E-state index in [9.17, 15) is 9.18 Å². The molecule has 5 rings (SSSR count). The van der Waals surface area contributed by atoms with Gasteiger partial charge in [0.1, 0.15) is 11.4 Å². The van der Waals surface area contributed by atoms with Gasteiger partial charge >= 0.3 is 0 Å². The van der Waals surface area contributed by atoms with Crippen LogP contribution in [-0.2, 0) is 4.74 Å². The van der Waals surface area contributed by atoms with Gasteiger partial charge in [-0.1, -0.05) is 0 Å². The summed E-state index contributed by atoms with van der Waals surface area (Å²) in [7, 11) is 3.01. The second-order valence-corrected chi connectivity index (χ2v) is 7.60. The molecule has 10 nitrogen and oxygen atoms in total. The number of hydrogen-bond acceptors (Lipinski definition) is 8. The van der Waals surface area contributed by atoms with Gasteiger partial charge in [0.15, 0.2) is 0 Å². The van der Waals surface area contributed by atoms with Gasteiger partial charge in [-0.2, -0.15) is 14.4 Å². The van der Waals surface area contributed by atoms with E-state index in [1.165, 1.54) is 26.5 Å². The summed E-state index contributed by atoms with van der Waals surface area (Å²) in [6.45, 7) is 1.03. The molecule has 3 aromatic heterocycles. The predicted molar refractivity (Wildman–Crippen MR) is 122 cm³/mol. The standard InChI is InChI=1S/C23H21FN6O4/c1-32-17-7-13(21(31)27-14-10-34-11-14)3-4-16(17)28-23-29-20-19(22(30-23)33-2)15(9-26-20)12-5-6-25-18(24)8-12/h3-9,14H,10-11H2,1-2H3,(H,27,31)(H2,26,28,29,30). The Morgan fingerprint density at radius 3 is 2.74 bits per heavy atom. The molecule has 0 atom stereocenters. The molecule has 0 bridgehead atoms. The molecule has 1 fully saturated rings. The predicted octanol–water partition coefficient (Wildman–Crippen LogP) is 3.05. The number of benzene rings is 1. The van der Waals surface area contributed by atoms with E-state index in [1.54, 1.807) is 30.5 Å². The summed E-state index contributed by atoms with van der Waals surface area (Å²) in [5.74, 6) is 0.207. The molecule has 0 aliphatic carbocycles. The lowest BCUT2D eigenvalue weighted by atomic mass is 10.1. The number of nitrogens with zero attached hydrogens (tertiary/aromatic N) is 3. The van der Waals surface area contributed by atoms with Crippen molar-refractivity contribution < 1.29 is 23.4 Å². The van der Waals surface area contributed by atoms with Gasteiger partial charge in [0, 0.05) is 29.6 Å². The Bertz CT molecular complexity index is 1370. The van der Waals surface area contributed by atoms with Crippen molar-refractivity contribution in [3.63, 3.8) is 0 Å². The third-order valence-corrected chi connectivity index (χ3v) is 5.41. The van der Waals surface area contributed by atoms with Gasteiger partial charge in [-0.25, -0.2) is 4.98 Å². The van der Waals surface area contributed by atoms with E-state index in [4.69, 9.17) is 14.2 Å². The molecule has 0 spiro atoms. The average molecular weight is 464 g/mol. The van der Waals surface area contributed by atoms with Crippen LogP contribution in [0.3, 0.4) is 0 Å². The Hall–Kier alpha value is -4.25. The fraction of sp³-hybridized carbons (Fsp3) is 0.217. The molecule has 1 aliphatic heterocycles. The first kappa shape index (κ1) is 21.6. The number of nitrogens with one attached hydrogen (secondary N) is 3. The number of carbonyl (C=O) groups excluding carboxylic acids is 1. The summed E-state index contributed by atoms with van der Waals surface area (Å²) in [5.41, 5.74) is 2.83. The zero-order valence-electron chi connectivity index (χ0n) is 18.4. The summed E-state index contributed by atoms with van der Waals surface area (Å²) in [5, 5.41) is 6.61. The number of hydrogen-bond donors (Lipinski definition) is 3. The van der Waals surface area contributed by atoms with Crippen molar-refractivity contribution in [2.75, 3.05) is 32.8 Å². The molecule has 1 amide bonds. The maximum Gasteiger partial charge on any atom is 0.251 e. The number of carbonyl (C=O) groups is 1. The van der Waals surface area contributed by atoms with Gasteiger partial charge in [-0.3, -0.25) is 4.79 Å². The highest BCUT2D eigenvalue weighted by Crippen LogP contribution is 2.35. The molecule has 1 aromatic carbocycles. The Morgan fingerprint density at radius 2 is 2.03 bits per heavy atom. The van der Waals surface area contributed by atoms with Crippen molar-refractivity contribution >= 4 is 28.6 Å². The van der Waals surface area contributed by atoms with Crippen molar-refractivity contribution in [1.82, 2.24) is 25.3 Å². The van der Waals surface area contributed by atoms with Crippen LogP contribution >= 0.6 is 0 Å². The molecule has 0 saturated carbocycles. The fourth-order valence-electron chi connectivity index (χ4n) is 3.65. The van der Waals surface area contributed by atoms with Crippen LogP contribution in [0.1, 0.15) is 10.4 Å². The van der Waals surface area contributed by atoms with Crippen molar-refractivity contribution in [2.24, 2.45) is 0 Å². The lowest BCUT2D eigenvalue weighted by Gasteiger charge is -2.26. The van der Waals surface area contributed by atoms with Crippen LogP contribution in [0.15, 0.2) is 42.7 Å². The molecule has 4 aromatic rings. The SMILES string of the molecule is COc1cc(C(=O)NC2COC2)ccc1Nc1nc(OC)c2c(-c3ccnc(F)c3)c[nH]c2n1. The van der Waals surface area contributed by atoms with Crippen molar-refractivity contribution in [3.8, 4) is 22.8 Å². The van der Waals surface area contributed by atoms with Crippen molar-refractivity contribution in [1.29, 1.82) is 0 Å². The number of H-pyrrole nitrogens is 1. The molecule has 11 heteroatoms. The molecular weight excluding hydrogens is 443 g/mol. The highest BCUT2D eigenvalue weighted by molar-refractivity contribution is 5.98. The topological polar surface area (TPSA) is 123 Å². The number of methoxy groups -OCH3 is 2. The lowest BCUT2D eigenvalue weighted by Crippen LogP contribution is -2.48. The highest BCUT2D eigenvalue weighted by atomic mass is 19.1. The van der Waals surface area contributed by atoms with Gasteiger partial charge in [0.25, 0.3) is 5.91 Å². The monoisotopic (exact) mass is 464 g/mol. The van der Waals surface area contributed by atoms with E-state index in [1.807, 2.05) is 0 Å². The first-order chi connectivity index (χ1) is 16.6. The third kappa shape index (κ3) is 4.08. The van der Waals surface area contributed by atoms with Crippen LogP contribution in [0.4, 0.5) is 16.0 Å². The minimum Gasteiger partial charge on any atom is -0.495 e. The molecular formula is C23H21FN6O4. The minimum absolute atomic E-state index is 0.0261. The smallest absolute Gasteiger partial charge is 0.251 e. The summed E-state index contributed by atoms with van der Waals surface area (Å²) in [6, 6.07) is 8.08. The van der Waals surface area contributed by atoms with Crippen molar-refractivity contribution in [3.05, 3.63) is 54.2 Å². The largest absolute Gasteiger partial charge is 0.495 e. The van der Waals surface area contributed by atoms with Crippen molar-refractivity contribution in [2.45, 2.75) is 6.04 Å². The van der Waals surface area contributed by atoms with Gasteiger partial charge in [-0.15, -0.1) is 0 Å². The zero-order valence-corrected chi connectivity index (χ0v) is 18.4. The maximum absolute atomic E-state index is 13.6. The van der Waals surface area contributed by atoms with Crippen LogP contribution in [0.2, 0.25) is 0 Å². The van der Waals surface area contributed by atoms with Crippen LogP contribution < -0.4 is 20.1 Å². The second kappa shape index (κ2) is 8.94. The van der Waals surface area contributed by atoms with Crippen LogP contribution in [0.5, 0.6) is 11.6 Å². The second-order valence-electron chi connectivity index (χ2n) is 7.60. The summed E-state index contributed by atoms with van der Waals surface area (Å²) >= 11 is 0. The number of aromatic amines is 1. The molecule has 34 heavy (non-hydrogen) atoms. The number of fused-ring (bicyclic) bond motifs is 1. The number of halogens is 1. The quantitative estimate of drug-likeness (QED) is 0.357. The molecule has 1 saturated heterocycles. The summed E-state index contributed by atoms with van der Waals surface area (Å²) < 4.78 is 29.7. The minimum atomic E-state index is -0.588. The number of ether oxygens (including phenoxy) is 3. The normalized spacial score (nSPS) is 13.4. The van der Waals surface area contributed by atoms with E-state index in [-0.39, 0.29) is 17.9 Å². The zero-order chi connectivity index (χ0) is 23.7. The number of amides is 1. The van der Waals surface area contributed by atoms with E-state index >= 15 is 0 Å². The number of aromatic nitrogens is 4. The first-order valence-electron chi connectivity index (χ1n) is 10.4. The van der Waals surface area contributed by atoms with Crippen LogP contribution in [0, 0.1) is 5.95 Å². The van der Waals surface area contributed by atoms with Gasteiger partial charge < -0.3 is 29.8 Å². The molecule has 4 heterocycles. The average Bonchev–Trinajstić information content (AvgIpc) is 3.25. The summed E-state index contributed by atoms with van der Waals surface area (Å²) in [4.78, 5) is 28.1. The Balaban J connectivity index is 1.45. The molecule has 174 valence electrons. The summed E-state index contributed by atoms with van der Waals surface area (Å²) in [6.07, 6.45) is 3.10. The lowest BCUT2D eigenvalue weighted by molar-refractivity contribution is -0.00346.